The maximum Gasteiger partial charge on any atom is 0.188 e. The predicted octanol–water partition coefficient (Wildman–Crippen LogP) is 3.38. The summed E-state index contributed by atoms with van der Waals surface area (Å²) in [5.74, 6) is -1.78. The molecule has 0 N–H and O–H groups in total. The van der Waals surface area contributed by atoms with Gasteiger partial charge in [0.05, 0.1) is 22.3 Å². The fraction of sp³-hybridized carbons (Fsp3) is 0.333. The minimum atomic E-state index is -0.916. The summed E-state index contributed by atoms with van der Waals surface area (Å²) in [6, 6.07) is 1.50. The summed E-state index contributed by atoms with van der Waals surface area (Å²) in [7, 11) is 0. The van der Waals surface area contributed by atoms with Crippen LogP contribution in [-0.2, 0) is 9.47 Å². The van der Waals surface area contributed by atoms with Crippen molar-refractivity contribution in [3.05, 3.63) is 31.3 Å². The van der Waals surface area contributed by atoms with Crippen LogP contribution in [-0.4, -0.2) is 13.2 Å². The standard InChI is InChI=1S/C9H6BrF2IO2/c10-4-3-5(13)7(11)8(12)6(4)9-14-1-2-15-9/h3,9H,1-2H2. The Hall–Kier alpha value is 0.210. The van der Waals surface area contributed by atoms with Crippen LogP contribution < -0.4 is 0 Å². The Morgan fingerprint density at radius 2 is 1.87 bits per heavy atom. The van der Waals surface area contributed by atoms with Gasteiger partial charge in [-0.15, -0.1) is 0 Å². The largest absolute Gasteiger partial charge is 0.346 e. The monoisotopic (exact) mass is 390 g/mol. The van der Waals surface area contributed by atoms with Gasteiger partial charge in [0, 0.05) is 4.47 Å². The molecule has 1 heterocycles. The lowest BCUT2D eigenvalue weighted by atomic mass is 10.2. The molecule has 1 fully saturated rings. The smallest absolute Gasteiger partial charge is 0.188 e. The van der Waals surface area contributed by atoms with E-state index in [4.69, 9.17) is 9.47 Å². The minimum Gasteiger partial charge on any atom is -0.346 e. The zero-order chi connectivity index (χ0) is 11.0. The highest BCUT2D eigenvalue weighted by Crippen LogP contribution is 2.34. The SMILES string of the molecule is Fc1c(I)cc(Br)c(C2OCCO2)c1F. The van der Waals surface area contributed by atoms with Gasteiger partial charge in [-0.25, -0.2) is 8.78 Å². The van der Waals surface area contributed by atoms with Gasteiger partial charge in [0.2, 0.25) is 0 Å². The molecule has 1 aromatic carbocycles. The highest BCUT2D eigenvalue weighted by molar-refractivity contribution is 14.1. The van der Waals surface area contributed by atoms with Crippen molar-refractivity contribution in [3.8, 4) is 0 Å². The van der Waals surface area contributed by atoms with Gasteiger partial charge in [0.1, 0.15) is 0 Å². The van der Waals surface area contributed by atoms with Crippen LogP contribution in [0.1, 0.15) is 11.9 Å². The molecular weight excluding hydrogens is 385 g/mol. The third-order valence-electron chi connectivity index (χ3n) is 2.01. The van der Waals surface area contributed by atoms with E-state index in [9.17, 15) is 8.78 Å². The first-order valence-corrected chi connectivity index (χ1v) is 6.04. The molecule has 1 aromatic rings. The summed E-state index contributed by atoms with van der Waals surface area (Å²) in [6.07, 6.45) is -0.814. The Kier molecular flexibility index (Phi) is 3.59. The van der Waals surface area contributed by atoms with E-state index in [1.54, 1.807) is 22.6 Å². The van der Waals surface area contributed by atoms with E-state index in [1.807, 2.05) is 0 Å². The quantitative estimate of drug-likeness (QED) is 0.416. The fourth-order valence-corrected chi connectivity index (χ4v) is 2.89. The highest BCUT2D eigenvalue weighted by Gasteiger charge is 2.27. The third-order valence-corrected chi connectivity index (χ3v) is 3.45. The normalized spacial score (nSPS) is 17.3. The molecule has 0 radical (unpaired) electrons. The molecule has 0 aliphatic carbocycles. The minimum absolute atomic E-state index is 0.0883. The van der Waals surface area contributed by atoms with Crippen molar-refractivity contribution in [1.29, 1.82) is 0 Å². The zero-order valence-corrected chi connectivity index (χ0v) is 11.1. The molecule has 2 nitrogen and oxygen atoms in total. The van der Waals surface area contributed by atoms with Crippen LogP contribution in [0.3, 0.4) is 0 Å². The van der Waals surface area contributed by atoms with Crippen LogP contribution in [0.2, 0.25) is 0 Å². The van der Waals surface area contributed by atoms with E-state index < -0.39 is 17.9 Å². The molecule has 0 amide bonds. The third kappa shape index (κ3) is 2.17. The molecule has 6 heteroatoms. The lowest BCUT2D eigenvalue weighted by Gasteiger charge is -2.13. The van der Waals surface area contributed by atoms with Gasteiger partial charge >= 0.3 is 0 Å². The Bertz CT molecular complexity index is 394. The molecular formula is C9H6BrF2IO2. The number of rotatable bonds is 1. The van der Waals surface area contributed by atoms with Crippen LogP contribution in [0.25, 0.3) is 0 Å². The Morgan fingerprint density at radius 3 is 2.47 bits per heavy atom. The van der Waals surface area contributed by atoms with Crippen molar-refractivity contribution >= 4 is 38.5 Å². The summed E-state index contributed by atoms with van der Waals surface area (Å²) in [6.45, 7) is 0.786. The van der Waals surface area contributed by atoms with E-state index in [-0.39, 0.29) is 9.13 Å². The lowest BCUT2D eigenvalue weighted by Crippen LogP contribution is -2.06. The summed E-state index contributed by atoms with van der Waals surface area (Å²) < 4.78 is 37.9. The molecule has 1 aliphatic rings. The zero-order valence-electron chi connectivity index (χ0n) is 7.40. The molecule has 0 saturated carbocycles. The molecule has 82 valence electrons. The van der Waals surface area contributed by atoms with Gasteiger partial charge in [-0.2, -0.15) is 0 Å². The Labute approximate surface area is 107 Å². The molecule has 0 unspecified atom stereocenters. The average molecular weight is 391 g/mol. The maximum absolute atomic E-state index is 13.6. The fourth-order valence-electron chi connectivity index (χ4n) is 1.32. The number of halogens is 4. The Morgan fingerprint density at radius 1 is 1.27 bits per heavy atom. The van der Waals surface area contributed by atoms with E-state index in [0.29, 0.717) is 17.7 Å². The first-order chi connectivity index (χ1) is 7.11. The van der Waals surface area contributed by atoms with Crippen molar-refractivity contribution in [2.24, 2.45) is 0 Å². The molecule has 15 heavy (non-hydrogen) atoms. The van der Waals surface area contributed by atoms with Crippen LogP contribution in [0.4, 0.5) is 8.78 Å². The molecule has 0 aromatic heterocycles. The summed E-state index contributed by atoms with van der Waals surface area (Å²) in [5, 5.41) is 0. The molecule has 1 aliphatic heterocycles. The van der Waals surface area contributed by atoms with Crippen molar-refractivity contribution in [3.63, 3.8) is 0 Å². The predicted molar refractivity (Wildman–Crippen MR) is 61.4 cm³/mol. The first-order valence-electron chi connectivity index (χ1n) is 4.17. The second-order valence-corrected chi connectivity index (χ2v) is 4.97. The molecule has 2 rings (SSSR count). The van der Waals surface area contributed by atoms with Crippen LogP contribution in [0, 0.1) is 15.2 Å². The molecule has 1 saturated heterocycles. The highest BCUT2D eigenvalue weighted by atomic mass is 127. The summed E-state index contributed by atoms with van der Waals surface area (Å²) in [4.78, 5) is 0. The number of ether oxygens (including phenoxy) is 2. The van der Waals surface area contributed by atoms with Gasteiger partial charge in [-0.3, -0.25) is 0 Å². The van der Waals surface area contributed by atoms with Crippen LogP contribution in [0.15, 0.2) is 10.5 Å². The van der Waals surface area contributed by atoms with Crippen LogP contribution in [0.5, 0.6) is 0 Å². The van der Waals surface area contributed by atoms with Gasteiger partial charge in [0.15, 0.2) is 17.9 Å². The van der Waals surface area contributed by atoms with Gasteiger partial charge in [0.25, 0.3) is 0 Å². The second-order valence-electron chi connectivity index (χ2n) is 2.96. The van der Waals surface area contributed by atoms with E-state index in [2.05, 4.69) is 15.9 Å². The molecule has 0 bridgehead atoms. The van der Waals surface area contributed by atoms with Crippen LogP contribution >= 0.6 is 38.5 Å². The number of hydrogen-bond donors (Lipinski definition) is 0. The van der Waals surface area contributed by atoms with Crippen molar-refractivity contribution in [1.82, 2.24) is 0 Å². The first kappa shape index (κ1) is 11.7. The van der Waals surface area contributed by atoms with Crippen molar-refractivity contribution < 1.29 is 18.3 Å². The second kappa shape index (κ2) is 4.60. The number of hydrogen-bond acceptors (Lipinski definition) is 2. The lowest BCUT2D eigenvalue weighted by molar-refractivity contribution is -0.0474. The summed E-state index contributed by atoms with van der Waals surface area (Å²) in [5.41, 5.74) is 0.0883. The van der Waals surface area contributed by atoms with Crippen molar-refractivity contribution in [2.45, 2.75) is 6.29 Å². The molecule has 0 spiro atoms. The topological polar surface area (TPSA) is 18.5 Å². The van der Waals surface area contributed by atoms with E-state index in [1.165, 1.54) is 6.07 Å². The van der Waals surface area contributed by atoms with E-state index >= 15 is 0 Å². The van der Waals surface area contributed by atoms with E-state index in [0.717, 1.165) is 0 Å². The maximum atomic E-state index is 13.6. The number of benzene rings is 1. The Balaban J connectivity index is 2.50. The van der Waals surface area contributed by atoms with Gasteiger partial charge in [-0.05, 0) is 28.7 Å². The van der Waals surface area contributed by atoms with Crippen molar-refractivity contribution in [2.75, 3.05) is 13.2 Å². The molecule has 0 atom stereocenters. The summed E-state index contributed by atoms with van der Waals surface area (Å²) >= 11 is 4.90. The average Bonchev–Trinajstić information content (AvgIpc) is 2.68. The van der Waals surface area contributed by atoms with Gasteiger partial charge in [-0.1, -0.05) is 15.9 Å². The van der Waals surface area contributed by atoms with Gasteiger partial charge < -0.3 is 9.47 Å².